The summed E-state index contributed by atoms with van der Waals surface area (Å²) >= 11 is 1.39. The van der Waals surface area contributed by atoms with Crippen LogP contribution in [0, 0.1) is 12.8 Å². The van der Waals surface area contributed by atoms with E-state index in [4.69, 9.17) is 9.72 Å². The summed E-state index contributed by atoms with van der Waals surface area (Å²) in [6.45, 7) is 7.17. The van der Waals surface area contributed by atoms with Crippen LogP contribution in [-0.4, -0.2) is 53.0 Å². The molecular formula is C21H27N5O3S. The maximum Gasteiger partial charge on any atom is 0.258 e. The molecule has 1 saturated carbocycles. The Balaban J connectivity index is 1.71. The molecule has 8 nitrogen and oxygen atoms in total. The summed E-state index contributed by atoms with van der Waals surface area (Å²) in [6, 6.07) is 2.23. The number of anilines is 2. The SMILES string of the molecule is COCCNc1nc(-c2sc(NC(C)=O)nc2C)cc2c1C(=O)N(C(C)C1CC1)C2. The minimum absolute atomic E-state index is 0.0447. The molecule has 1 fully saturated rings. The standard InChI is InChI=1S/C21H27N5O3S/c1-11-18(30-21(23-11)24-13(3)27)16-9-15-10-26(12(2)14-5-6-14)20(28)17(15)19(25-16)22-7-8-29-4/h9,12,14H,5-8,10H2,1-4H3,(H,22,25)(H,23,24,27). The number of thiazole rings is 1. The van der Waals surface area contributed by atoms with E-state index < -0.39 is 0 Å². The molecule has 1 atom stereocenters. The number of nitrogens with one attached hydrogen (secondary N) is 2. The van der Waals surface area contributed by atoms with E-state index in [9.17, 15) is 9.59 Å². The number of pyridine rings is 1. The van der Waals surface area contributed by atoms with Gasteiger partial charge >= 0.3 is 0 Å². The summed E-state index contributed by atoms with van der Waals surface area (Å²) in [4.78, 5) is 36.7. The van der Waals surface area contributed by atoms with Crippen LogP contribution in [0.5, 0.6) is 0 Å². The van der Waals surface area contributed by atoms with Gasteiger partial charge in [0.25, 0.3) is 5.91 Å². The van der Waals surface area contributed by atoms with E-state index in [0.29, 0.717) is 42.1 Å². The summed E-state index contributed by atoms with van der Waals surface area (Å²) in [5.74, 6) is 1.08. The molecule has 1 aliphatic carbocycles. The Morgan fingerprint density at radius 3 is 2.83 bits per heavy atom. The first kappa shape index (κ1) is 20.7. The van der Waals surface area contributed by atoms with Gasteiger partial charge in [-0.3, -0.25) is 9.59 Å². The van der Waals surface area contributed by atoms with E-state index in [1.165, 1.54) is 31.1 Å². The third-order valence-electron chi connectivity index (χ3n) is 5.62. The van der Waals surface area contributed by atoms with Crippen molar-refractivity contribution in [2.75, 3.05) is 30.9 Å². The molecule has 2 aromatic heterocycles. The lowest BCUT2D eigenvalue weighted by Crippen LogP contribution is -2.34. The van der Waals surface area contributed by atoms with Crippen LogP contribution in [0.3, 0.4) is 0 Å². The van der Waals surface area contributed by atoms with Crippen molar-refractivity contribution in [2.24, 2.45) is 5.92 Å². The number of hydrogen-bond donors (Lipinski definition) is 2. The number of ether oxygens (including phenoxy) is 1. The highest BCUT2D eigenvalue weighted by Gasteiger charge is 2.40. The van der Waals surface area contributed by atoms with E-state index in [0.717, 1.165) is 21.8 Å². The van der Waals surface area contributed by atoms with E-state index >= 15 is 0 Å². The second kappa shape index (κ2) is 8.31. The number of nitrogens with zero attached hydrogens (tertiary/aromatic N) is 3. The molecule has 0 radical (unpaired) electrons. The number of rotatable bonds is 8. The van der Waals surface area contributed by atoms with Crippen molar-refractivity contribution >= 4 is 34.1 Å². The molecule has 160 valence electrons. The van der Waals surface area contributed by atoms with Gasteiger partial charge in [-0.25, -0.2) is 9.97 Å². The van der Waals surface area contributed by atoms with E-state index in [1.54, 1.807) is 7.11 Å². The third-order valence-corrected chi connectivity index (χ3v) is 6.72. The van der Waals surface area contributed by atoms with Crippen LogP contribution < -0.4 is 10.6 Å². The van der Waals surface area contributed by atoms with Gasteiger partial charge < -0.3 is 20.3 Å². The van der Waals surface area contributed by atoms with E-state index in [2.05, 4.69) is 22.5 Å². The monoisotopic (exact) mass is 429 g/mol. The summed E-state index contributed by atoms with van der Waals surface area (Å²) in [6.07, 6.45) is 2.38. The molecule has 0 saturated heterocycles. The van der Waals surface area contributed by atoms with Crippen LogP contribution in [0.1, 0.15) is 48.3 Å². The fourth-order valence-electron chi connectivity index (χ4n) is 3.88. The molecule has 30 heavy (non-hydrogen) atoms. The van der Waals surface area contributed by atoms with Crippen LogP contribution in [0.4, 0.5) is 10.9 Å². The Morgan fingerprint density at radius 1 is 1.40 bits per heavy atom. The average Bonchev–Trinajstić information content (AvgIpc) is 3.40. The first-order valence-electron chi connectivity index (χ1n) is 10.2. The summed E-state index contributed by atoms with van der Waals surface area (Å²) in [5, 5.41) is 6.57. The Bertz CT molecular complexity index is 985. The third kappa shape index (κ3) is 4.04. The molecular weight excluding hydrogens is 402 g/mol. The minimum atomic E-state index is -0.158. The van der Waals surface area contributed by atoms with Crippen LogP contribution >= 0.6 is 11.3 Å². The van der Waals surface area contributed by atoms with Gasteiger partial charge in [-0.05, 0) is 44.2 Å². The highest BCUT2D eigenvalue weighted by atomic mass is 32.1. The Labute approximate surface area is 180 Å². The molecule has 4 rings (SSSR count). The Morgan fingerprint density at radius 2 is 2.17 bits per heavy atom. The zero-order valence-electron chi connectivity index (χ0n) is 17.7. The highest BCUT2D eigenvalue weighted by molar-refractivity contribution is 7.19. The second-order valence-corrected chi connectivity index (χ2v) is 8.93. The molecule has 2 aliphatic rings. The summed E-state index contributed by atoms with van der Waals surface area (Å²) in [7, 11) is 1.64. The van der Waals surface area contributed by atoms with Crippen molar-refractivity contribution in [3.63, 3.8) is 0 Å². The second-order valence-electron chi connectivity index (χ2n) is 7.94. The fourth-order valence-corrected chi connectivity index (χ4v) is 4.85. The van der Waals surface area contributed by atoms with Crippen LogP contribution in [0.25, 0.3) is 10.6 Å². The Hall–Kier alpha value is -2.52. The smallest absolute Gasteiger partial charge is 0.258 e. The van der Waals surface area contributed by atoms with Gasteiger partial charge in [-0.2, -0.15) is 0 Å². The van der Waals surface area contributed by atoms with Gasteiger partial charge in [0.2, 0.25) is 5.91 Å². The number of carbonyl (C=O) groups is 2. The molecule has 2 amide bonds. The number of aryl methyl sites for hydroxylation is 1. The minimum Gasteiger partial charge on any atom is -0.383 e. The number of amides is 2. The maximum absolute atomic E-state index is 13.2. The van der Waals surface area contributed by atoms with Crippen molar-refractivity contribution in [1.29, 1.82) is 0 Å². The van der Waals surface area contributed by atoms with Crippen molar-refractivity contribution < 1.29 is 14.3 Å². The van der Waals surface area contributed by atoms with Crippen molar-refractivity contribution in [3.05, 3.63) is 22.9 Å². The molecule has 1 aliphatic heterocycles. The predicted molar refractivity (Wildman–Crippen MR) is 117 cm³/mol. The Kier molecular flexibility index (Phi) is 5.75. The lowest BCUT2D eigenvalue weighted by Gasteiger charge is -2.24. The average molecular weight is 430 g/mol. The van der Waals surface area contributed by atoms with Crippen molar-refractivity contribution in [1.82, 2.24) is 14.9 Å². The number of hydrogen-bond acceptors (Lipinski definition) is 7. The topological polar surface area (TPSA) is 96.5 Å². The fraction of sp³-hybridized carbons (Fsp3) is 0.524. The lowest BCUT2D eigenvalue weighted by atomic mass is 10.1. The number of carbonyl (C=O) groups excluding carboxylic acids is 2. The van der Waals surface area contributed by atoms with Crippen LogP contribution in [0.2, 0.25) is 0 Å². The first-order chi connectivity index (χ1) is 14.4. The normalized spacial score (nSPS) is 16.5. The predicted octanol–water partition coefficient (Wildman–Crippen LogP) is 3.28. The zero-order chi connectivity index (χ0) is 21.4. The largest absolute Gasteiger partial charge is 0.383 e. The summed E-state index contributed by atoms with van der Waals surface area (Å²) < 4.78 is 5.15. The van der Waals surface area contributed by atoms with Gasteiger partial charge in [0.05, 0.1) is 28.4 Å². The number of methoxy groups -OCH3 is 1. The molecule has 2 aromatic rings. The van der Waals surface area contributed by atoms with Crippen LogP contribution in [-0.2, 0) is 16.1 Å². The van der Waals surface area contributed by atoms with E-state index in [-0.39, 0.29) is 17.9 Å². The zero-order valence-corrected chi connectivity index (χ0v) is 18.6. The quantitative estimate of drug-likeness (QED) is 0.625. The molecule has 0 spiro atoms. The van der Waals surface area contributed by atoms with Gasteiger partial charge in [0, 0.05) is 33.2 Å². The maximum atomic E-state index is 13.2. The molecule has 2 N–H and O–H groups in total. The lowest BCUT2D eigenvalue weighted by molar-refractivity contribution is -0.114. The highest BCUT2D eigenvalue weighted by Crippen LogP contribution is 2.41. The van der Waals surface area contributed by atoms with Gasteiger partial charge in [-0.15, -0.1) is 0 Å². The molecule has 3 heterocycles. The molecule has 0 bridgehead atoms. The molecule has 0 aromatic carbocycles. The first-order valence-corrected chi connectivity index (χ1v) is 11.0. The molecule has 9 heteroatoms. The van der Waals surface area contributed by atoms with Crippen molar-refractivity contribution in [2.45, 2.75) is 46.2 Å². The van der Waals surface area contributed by atoms with Gasteiger partial charge in [-0.1, -0.05) is 11.3 Å². The number of aromatic nitrogens is 2. The van der Waals surface area contributed by atoms with E-state index in [1.807, 2.05) is 17.9 Å². The van der Waals surface area contributed by atoms with Gasteiger partial charge in [0.1, 0.15) is 5.82 Å². The van der Waals surface area contributed by atoms with Crippen LogP contribution in [0.15, 0.2) is 6.07 Å². The molecule has 1 unspecified atom stereocenters. The van der Waals surface area contributed by atoms with Gasteiger partial charge in [0.15, 0.2) is 5.13 Å². The number of fused-ring (bicyclic) bond motifs is 1. The summed E-state index contributed by atoms with van der Waals surface area (Å²) in [5.41, 5.74) is 3.19. The van der Waals surface area contributed by atoms with Crippen molar-refractivity contribution in [3.8, 4) is 10.6 Å².